The van der Waals surface area contributed by atoms with Crippen molar-refractivity contribution in [1.29, 1.82) is 0 Å². The quantitative estimate of drug-likeness (QED) is 0.684. The fourth-order valence-electron chi connectivity index (χ4n) is 6.18. The molecule has 4 heterocycles. The molecule has 9 heteroatoms. The summed E-state index contributed by atoms with van der Waals surface area (Å²) in [7, 11) is 0.475. The van der Waals surface area contributed by atoms with Gasteiger partial charge in [-0.05, 0) is 43.4 Å². The van der Waals surface area contributed by atoms with Crippen molar-refractivity contribution in [2.24, 2.45) is 13.0 Å². The molecule has 1 spiro atoms. The zero-order chi connectivity index (χ0) is 23.4. The van der Waals surface area contributed by atoms with Crippen molar-refractivity contribution in [3.63, 3.8) is 0 Å². The summed E-state index contributed by atoms with van der Waals surface area (Å²) in [6, 6.07) is 5.98. The van der Waals surface area contributed by atoms with Crippen LogP contribution in [-0.2, 0) is 27.2 Å². The summed E-state index contributed by atoms with van der Waals surface area (Å²) in [4.78, 5) is 2.41. The maximum atomic E-state index is 12.6. The number of benzene rings is 1. The van der Waals surface area contributed by atoms with E-state index in [0.29, 0.717) is 19.0 Å². The molecule has 3 aliphatic rings. The van der Waals surface area contributed by atoms with Crippen LogP contribution in [0.2, 0.25) is 0 Å². The Balaban J connectivity index is 1.61. The summed E-state index contributed by atoms with van der Waals surface area (Å²) >= 11 is 0. The van der Waals surface area contributed by atoms with Crippen LogP contribution in [0.3, 0.4) is 0 Å². The molecule has 1 aromatic heterocycles. The van der Waals surface area contributed by atoms with Crippen molar-refractivity contribution in [3.8, 4) is 5.75 Å². The van der Waals surface area contributed by atoms with E-state index in [1.807, 2.05) is 19.2 Å². The number of aryl methyl sites for hydroxylation is 1. The molecule has 2 saturated heterocycles. The lowest BCUT2D eigenvalue weighted by Gasteiger charge is -2.56. The smallest absolute Gasteiger partial charge is 0.213 e. The minimum absolute atomic E-state index is 0.0323. The zero-order valence-corrected chi connectivity index (χ0v) is 20.6. The molecule has 2 aromatic rings. The van der Waals surface area contributed by atoms with E-state index in [2.05, 4.69) is 15.5 Å². The van der Waals surface area contributed by atoms with Crippen molar-refractivity contribution in [3.05, 3.63) is 29.5 Å². The van der Waals surface area contributed by atoms with Gasteiger partial charge in [-0.2, -0.15) is 4.31 Å². The second-order valence-electron chi connectivity index (χ2n) is 9.83. The normalized spacial score (nSPS) is 24.2. The predicted molar refractivity (Wildman–Crippen MR) is 127 cm³/mol. The van der Waals surface area contributed by atoms with Crippen LogP contribution < -0.4 is 4.74 Å². The van der Waals surface area contributed by atoms with Crippen LogP contribution >= 0.6 is 0 Å². The molecule has 0 aliphatic carbocycles. The SMILES string of the molecule is CCS(=O)(=O)N1CC2(CN(CC3CCOCC3)[C@@H](CO)c3c2c2ccc(OC)cc2n3C)C1. The predicted octanol–water partition coefficient (Wildman–Crippen LogP) is 1.87. The molecule has 0 bridgehead atoms. The van der Waals surface area contributed by atoms with Crippen molar-refractivity contribution >= 4 is 20.9 Å². The number of ether oxygens (including phenoxy) is 2. The molecule has 33 heavy (non-hydrogen) atoms. The summed E-state index contributed by atoms with van der Waals surface area (Å²) in [5.41, 5.74) is 3.09. The molecule has 0 radical (unpaired) electrons. The molecule has 1 aromatic carbocycles. The summed E-state index contributed by atoms with van der Waals surface area (Å²) in [6.45, 7) is 5.93. The minimum Gasteiger partial charge on any atom is -0.497 e. The number of rotatable bonds is 6. The second-order valence-corrected chi connectivity index (χ2v) is 12.1. The van der Waals surface area contributed by atoms with Crippen molar-refractivity contribution in [1.82, 2.24) is 13.8 Å². The van der Waals surface area contributed by atoms with Gasteiger partial charge in [0.15, 0.2) is 0 Å². The molecule has 8 nitrogen and oxygen atoms in total. The number of fused-ring (bicyclic) bond motifs is 4. The van der Waals surface area contributed by atoms with E-state index in [1.165, 1.54) is 5.56 Å². The van der Waals surface area contributed by atoms with E-state index in [-0.39, 0.29) is 23.8 Å². The maximum Gasteiger partial charge on any atom is 0.213 e. The van der Waals surface area contributed by atoms with Gasteiger partial charge in [0.25, 0.3) is 0 Å². The average molecular weight is 478 g/mol. The fraction of sp³-hybridized carbons (Fsp3) is 0.667. The third kappa shape index (κ3) is 3.69. The van der Waals surface area contributed by atoms with Gasteiger partial charge in [0, 0.05) is 69.0 Å². The summed E-state index contributed by atoms with van der Waals surface area (Å²) < 4.78 is 40.1. The number of aromatic nitrogens is 1. The first kappa shape index (κ1) is 23.1. The number of nitrogens with zero attached hydrogens (tertiary/aromatic N) is 3. The molecule has 0 amide bonds. The lowest BCUT2D eigenvalue weighted by atomic mass is 9.69. The standard InChI is InChI=1S/C24H35N3O5S/c1-4-33(29,30)27-15-24(16-27)14-26(12-17-7-9-32-10-8-17)21(13-28)23-22(24)19-6-5-18(31-3)11-20(19)25(23)2/h5-6,11,17,21,28H,4,7-10,12-16H2,1-3H3/t21-/m0/s1. The number of aliphatic hydroxyl groups is 1. The maximum absolute atomic E-state index is 12.6. The van der Waals surface area contributed by atoms with Gasteiger partial charge in [0.05, 0.1) is 31.0 Å². The van der Waals surface area contributed by atoms with Crippen LogP contribution in [0.4, 0.5) is 0 Å². The molecule has 0 saturated carbocycles. The van der Waals surface area contributed by atoms with E-state index in [4.69, 9.17) is 9.47 Å². The highest BCUT2D eigenvalue weighted by Crippen LogP contribution is 2.50. The van der Waals surface area contributed by atoms with Gasteiger partial charge in [0.1, 0.15) is 5.75 Å². The number of aliphatic hydroxyl groups excluding tert-OH is 1. The first-order valence-corrected chi connectivity index (χ1v) is 13.5. The molecular weight excluding hydrogens is 442 g/mol. The number of methoxy groups -OCH3 is 1. The van der Waals surface area contributed by atoms with Gasteiger partial charge in [-0.25, -0.2) is 8.42 Å². The summed E-state index contributed by atoms with van der Waals surface area (Å²) in [6.07, 6.45) is 2.05. The van der Waals surface area contributed by atoms with E-state index in [9.17, 15) is 13.5 Å². The average Bonchev–Trinajstić information content (AvgIpc) is 3.10. The Bertz CT molecular complexity index is 1130. The molecule has 2 fully saturated rings. The highest BCUT2D eigenvalue weighted by atomic mass is 32.2. The Morgan fingerprint density at radius 3 is 2.58 bits per heavy atom. The lowest BCUT2D eigenvalue weighted by molar-refractivity contribution is -0.000372. The van der Waals surface area contributed by atoms with E-state index in [1.54, 1.807) is 18.3 Å². The third-order valence-electron chi connectivity index (χ3n) is 7.97. The highest BCUT2D eigenvalue weighted by Gasteiger charge is 2.55. The van der Waals surface area contributed by atoms with Gasteiger partial charge >= 0.3 is 0 Å². The van der Waals surface area contributed by atoms with Gasteiger partial charge in [-0.3, -0.25) is 4.90 Å². The summed E-state index contributed by atoms with van der Waals surface area (Å²) in [5, 5.41) is 11.7. The fourth-order valence-corrected chi connectivity index (χ4v) is 7.43. The van der Waals surface area contributed by atoms with Gasteiger partial charge in [0.2, 0.25) is 10.0 Å². The second kappa shape index (κ2) is 8.53. The molecule has 5 rings (SSSR count). The minimum atomic E-state index is -3.24. The van der Waals surface area contributed by atoms with E-state index < -0.39 is 10.0 Å². The number of hydrogen-bond donors (Lipinski definition) is 1. The number of sulfonamides is 1. The Morgan fingerprint density at radius 1 is 1.21 bits per heavy atom. The van der Waals surface area contributed by atoms with Crippen molar-refractivity contribution in [2.75, 3.05) is 58.9 Å². The van der Waals surface area contributed by atoms with E-state index >= 15 is 0 Å². The first-order chi connectivity index (χ1) is 15.8. The van der Waals surface area contributed by atoms with Crippen molar-refractivity contribution < 1.29 is 23.0 Å². The van der Waals surface area contributed by atoms with Crippen LogP contribution in [0.15, 0.2) is 18.2 Å². The zero-order valence-electron chi connectivity index (χ0n) is 19.8. The monoisotopic (exact) mass is 477 g/mol. The van der Waals surface area contributed by atoms with Crippen LogP contribution in [0.25, 0.3) is 10.9 Å². The largest absolute Gasteiger partial charge is 0.497 e. The van der Waals surface area contributed by atoms with Gasteiger partial charge in [-0.1, -0.05) is 0 Å². The van der Waals surface area contributed by atoms with Crippen LogP contribution in [-0.4, -0.2) is 86.2 Å². The molecule has 0 unspecified atom stereocenters. The van der Waals surface area contributed by atoms with E-state index in [0.717, 1.165) is 61.5 Å². The van der Waals surface area contributed by atoms with Crippen molar-refractivity contribution in [2.45, 2.75) is 31.2 Å². The lowest BCUT2D eigenvalue weighted by Crippen LogP contribution is -2.68. The third-order valence-corrected chi connectivity index (χ3v) is 9.74. The van der Waals surface area contributed by atoms with Gasteiger partial charge in [-0.15, -0.1) is 0 Å². The summed E-state index contributed by atoms with van der Waals surface area (Å²) in [5.74, 6) is 1.43. The Morgan fingerprint density at radius 2 is 1.94 bits per heavy atom. The molecule has 1 N–H and O–H groups in total. The van der Waals surface area contributed by atoms with Crippen LogP contribution in [0.5, 0.6) is 5.75 Å². The molecule has 1 atom stereocenters. The topological polar surface area (TPSA) is 84.2 Å². The Labute approximate surface area is 196 Å². The van der Waals surface area contributed by atoms with Crippen LogP contribution in [0.1, 0.15) is 37.1 Å². The highest BCUT2D eigenvalue weighted by molar-refractivity contribution is 7.89. The first-order valence-electron chi connectivity index (χ1n) is 11.9. The molecular formula is C24H35N3O5S. The van der Waals surface area contributed by atoms with Gasteiger partial charge < -0.3 is 19.1 Å². The van der Waals surface area contributed by atoms with Crippen LogP contribution in [0, 0.1) is 5.92 Å². The Hall–Kier alpha value is -1.65. The molecule has 3 aliphatic heterocycles. The molecule has 182 valence electrons. The number of hydrogen-bond acceptors (Lipinski definition) is 6. The Kier molecular flexibility index (Phi) is 5.98.